The maximum atomic E-state index is 12.0. The Labute approximate surface area is 115 Å². The van der Waals surface area contributed by atoms with E-state index in [1.54, 1.807) is 6.92 Å². The molecule has 0 radical (unpaired) electrons. The lowest BCUT2D eigenvalue weighted by molar-refractivity contribution is -0.143. The summed E-state index contributed by atoms with van der Waals surface area (Å²) in [5, 5.41) is 11.9. The lowest BCUT2D eigenvalue weighted by Gasteiger charge is -2.27. The SMILES string of the molecule is CCC(C)(CN)C(=O)NCC(CC(C)(C)C)C(=O)O. The number of hydrogen-bond donors (Lipinski definition) is 3. The first-order valence-corrected chi connectivity index (χ1v) is 6.77. The molecule has 0 fully saturated rings. The van der Waals surface area contributed by atoms with Crippen LogP contribution < -0.4 is 11.1 Å². The molecule has 0 saturated heterocycles. The van der Waals surface area contributed by atoms with Crippen molar-refractivity contribution in [3.63, 3.8) is 0 Å². The van der Waals surface area contributed by atoms with Crippen LogP contribution in [0.5, 0.6) is 0 Å². The van der Waals surface area contributed by atoms with Crippen LogP contribution in [0.25, 0.3) is 0 Å². The third-order valence-corrected chi connectivity index (χ3v) is 3.50. The Morgan fingerprint density at radius 3 is 2.11 bits per heavy atom. The third-order valence-electron chi connectivity index (χ3n) is 3.50. The number of carbonyl (C=O) groups is 2. The number of aliphatic carboxylic acids is 1. The number of amides is 1. The molecule has 0 aliphatic rings. The zero-order chi connectivity index (χ0) is 15.3. The summed E-state index contributed by atoms with van der Waals surface area (Å²) in [5.41, 5.74) is 4.90. The highest BCUT2D eigenvalue weighted by Crippen LogP contribution is 2.25. The highest BCUT2D eigenvalue weighted by atomic mass is 16.4. The van der Waals surface area contributed by atoms with E-state index in [1.807, 2.05) is 27.7 Å². The molecule has 5 heteroatoms. The maximum absolute atomic E-state index is 12.0. The molecule has 4 N–H and O–H groups in total. The van der Waals surface area contributed by atoms with Crippen LogP contribution in [0, 0.1) is 16.7 Å². The fourth-order valence-corrected chi connectivity index (χ4v) is 1.81. The number of nitrogens with one attached hydrogen (secondary N) is 1. The molecule has 0 aromatic rings. The summed E-state index contributed by atoms with van der Waals surface area (Å²) in [6.07, 6.45) is 1.15. The lowest BCUT2D eigenvalue weighted by Crippen LogP contribution is -2.46. The van der Waals surface area contributed by atoms with Gasteiger partial charge in [0.05, 0.1) is 11.3 Å². The number of hydrogen-bond acceptors (Lipinski definition) is 3. The van der Waals surface area contributed by atoms with Gasteiger partial charge in [-0.2, -0.15) is 0 Å². The van der Waals surface area contributed by atoms with Crippen molar-refractivity contribution in [2.45, 2.75) is 47.5 Å². The zero-order valence-electron chi connectivity index (χ0n) is 12.7. The van der Waals surface area contributed by atoms with Crippen molar-refractivity contribution < 1.29 is 14.7 Å². The molecule has 0 saturated carbocycles. The van der Waals surface area contributed by atoms with Gasteiger partial charge in [-0.15, -0.1) is 0 Å². The van der Waals surface area contributed by atoms with E-state index in [1.165, 1.54) is 0 Å². The molecule has 2 atom stereocenters. The highest BCUT2D eigenvalue weighted by Gasteiger charge is 2.31. The molecule has 0 aromatic heterocycles. The van der Waals surface area contributed by atoms with Gasteiger partial charge in [-0.1, -0.05) is 27.7 Å². The molecular formula is C14H28N2O3. The molecular weight excluding hydrogens is 244 g/mol. The summed E-state index contributed by atoms with van der Waals surface area (Å²) in [4.78, 5) is 23.2. The van der Waals surface area contributed by atoms with Crippen LogP contribution in [0.15, 0.2) is 0 Å². The van der Waals surface area contributed by atoms with Crippen LogP contribution in [0.2, 0.25) is 0 Å². The van der Waals surface area contributed by atoms with Gasteiger partial charge in [-0.3, -0.25) is 9.59 Å². The number of carboxylic acid groups (broad SMARTS) is 1. The Morgan fingerprint density at radius 1 is 1.26 bits per heavy atom. The van der Waals surface area contributed by atoms with Crippen molar-refractivity contribution in [3.8, 4) is 0 Å². The summed E-state index contributed by atoms with van der Waals surface area (Å²) in [6, 6.07) is 0. The molecule has 0 bridgehead atoms. The number of carbonyl (C=O) groups excluding carboxylic acids is 1. The summed E-state index contributed by atoms with van der Waals surface area (Å²) >= 11 is 0. The van der Waals surface area contributed by atoms with Crippen LogP contribution >= 0.6 is 0 Å². The molecule has 1 amide bonds. The minimum Gasteiger partial charge on any atom is -0.481 e. The maximum Gasteiger partial charge on any atom is 0.308 e. The van der Waals surface area contributed by atoms with E-state index in [0.29, 0.717) is 12.8 Å². The summed E-state index contributed by atoms with van der Waals surface area (Å²) < 4.78 is 0. The van der Waals surface area contributed by atoms with Gasteiger partial charge < -0.3 is 16.2 Å². The molecule has 0 aromatic carbocycles. The Hall–Kier alpha value is -1.10. The quantitative estimate of drug-likeness (QED) is 0.656. The predicted octanol–water partition coefficient (Wildman–Crippen LogP) is 1.61. The predicted molar refractivity (Wildman–Crippen MR) is 75.7 cm³/mol. The average Bonchev–Trinajstić information content (AvgIpc) is 2.31. The number of carboxylic acids is 1. The minimum absolute atomic E-state index is 0.0876. The lowest BCUT2D eigenvalue weighted by atomic mass is 9.83. The van der Waals surface area contributed by atoms with Gasteiger partial charge in [0.2, 0.25) is 5.91 Å². The topological polar surface area (TPSA) is 92.4 Å². The van der Waals surface area contributed by atoms with Crippen molar-refractivity contribution >= 4 is 11.9 Å². The molecule has 0 spiro atoms. The Balaban J connectivity index is 4.57. The van der Waals surface area contributed by atoms with Crippen molar-refractivity contribution in [1.29, 1.82) is 0 Å². The number of rotatable bonds is 7. The molecule has 0 aliphatic heterocycles. The molecule has 0 rings (SSSR count). The Morgan fingerprint density at radius 2 is 1.79 bits per heavy atom. The monoisotopic (exact) mass is 272 g/mol. The van der Waals surface area contributed by atoms with Crippen molar-refractivity contribution in [2.24, 2.45) is 22.5 Å². The Bertz CT molecular complexity index is 317. The van der Waals surface area contributed by atoms with E-state index in [4.69, 9.17) is 5.73 Å². The first kappa shape index (κ1) is 17.9. The van der Waals surface area contributed by atoms with Crippen LogP contribution in [-0.4, -0.2) is 30.1 Å². The molecule has 0 heterocycles. The van der Waals surface area contributed by atoms with E-state index in [-0.39, 0.29) is 24.4 Å². The summed E-state index contributed by atoms with van der Waals surface area (Å²) in [6.45, 7) is 10.1. The van der Waals surface area contributed by atoms with Gasteiger partial charge in [0.25, 0.3) is 0 Å². The second kappa shape index (κ2) is 6.89. The third kappa shape index (κ3) is 6.05. The average molecular weight is 272 g/mol. The largest absolute Gasteiger partial charge is 0.481 e. The van der Waals surface area contributed by atoms with Gasteiger partial charge in [-0.05, 0) is 25.2 Å². The van der Waals surface area contributed by atoms with E-state index in [0.717, 1.165) is 0 Å². The van der Waals surface area contributed by atoms with Crippen LogP contribution in [0.1, 0.15) is 47.5 Å². The molecule has 5 nitrogen and oxygen atoms in total. The smallest absolute Gasteiger partial charge is 0.308 e. The number of nitrogens with two attached hydrogens (primary N) is 1. The fourth-order valence-electron chi connectivity index (χ4n) is 1.81. The van der Waals surface area contributed by atoms with Gasteiger partial charge in [0, 0.05) is 13.1 Å². The van der Waals surface area contributed by atoms with Crippen LogP contribution in [0.3, 0.4) is 0 Å². The molecule has 2 unspecified atom stereocenters. The normalized spacial score (nSPS) is 16.5. The van der Waals surface area contributed by atoms with E-state index in [2.05, 4.69) is 5.32 Å². The second-order valence-electron chi connectivity index (χ2n) is 6.63. The van der Waals surface area contributed by atoms with Gasteiger partial charge in [0.15, 0.2) is 0 Å². The molecule has 112 valence electrons. The van der Waals surface area contributed by atoms with Gasteiger partial charge >= 0.3 is 5.97 Å². The molecule has 0 aliphatic carbocycles. The van der Waals surface area contributed by atoms with Crippen LogP contribution in [-0.2, 0) is 9.59 Å². The van der Waals surface area contributed by atoms with Gasteiger partial charge in [0.1, 0.15) is 0 Å². The minimum atomic E-state index is -0.874. The first-order valence-electron chi connectivity index (χ1n) is 6.77. The molecule has 19 heavy (non-hydrogen) atoms. The first-order chi connectivity index (χ1) is 8.55. The summed E-state index contributed by atoms with van der Waals surface area (Å²) in [5.74, 6) is -1.61. The summed E-state index contributed by atoms with van der Waals surface area (Å²) in [7, 11) is 0. The second-order valence-corrected chi connectivity index (χ2v) is 6.63. The highest BCUT2D eigenvalue weighted by molar-refractivity contribution is 5.83. The van der Waals surface area contributed by atoms with Gasteiger partial charge in [-0.25, -0.2) is 0 Å². The zero-order valence-corrected chi connectivity index (χ0v) is 12.7. The fraction of sp³-hybridized carbons (Fsp3) is 0.857. The Kier molecular flexibility index (Phi) is 6.49. The standard InChI is InChI=1S/C14H28N2O3/c1-6-14(5,9-15)12(19)16-8-10(11(17)18)7-13(2,3)4/h10H,6-9,15H2,1-5H3,(H,16,19)(H,17,18). The van der Waals surface area contributed by atoms with E-state index < -0.39 is 17.3 Å². The van der Waals surface area contributed by atoms with E-state index >= 15 is 0 Å². The van der Waals surface area contributed by atoms with Crippen LogP contribution in [0.4, 0.5) is 0 Å². The van der Waals surface area contributed by atoms with Crippen molar-refractivity contribution in [3.05, 3.63) is 0 Å². The van der Waals surface area contributed by atoms with Crippen molar-refractivity contribution in [1.82, 2.24) is 5.32 Å². The van der Waals surface area contributed by atoms with E-state index in [9.17, 15) is 14.7 Å². The van der Waals surface area contributed by atoms with Crippen molar-refractivity contribution in [2.75, 3.05) is 13.1 Å².